The van der Waals surface area contributed by atoms with Crippen LogP contribution in [0.5, 0.6) is 0 Å². The Labute approximate surface area is 112 Å². The molecule has 0 fully saturated rings. The van der Waals surface area contributed by atoms with Crippen molar-refractivity contribution in [3.05, 3.63) is 37.2 Å². The van der Waals surface area contributed by atoms with Gasteiger partial charge in [0, 0.05) is 12.4 Å². The molecule has 1 radical (unpaired) electrons. The predicted molar refractivity (Wildman–Crippen MR) is 68.1 cm³/mol. The van der Waals surface area contributed by atoms with Gasteiger partial charge in [-0.25, -0.2) is 39.9 Å². The molecule has 4 aromatic rings. The lowest BCUT2D eigenvalue weighted by atomic mass is 10.4. The van der Waals surface area contributed by atoms with E-state index >= 15 is 0 Å². The predicted octanol–water partition coefficient (Wildman–Crippen LogP) is 0.620. The van der Waals surface area contributed by atoms with Crippen LogP contribution in [0.2, 0.25) is 0 Å². The Morgan fingerprint density at radius 2 is 1.40 bits per heavy atom. The first-order chi connectivity index (χ1) is 9.90. The van der Waals surface area contributed by atoms with Crippen molar-refractivity contribution in [2.45, 2.75) is 0 Å². The molecule has 0 bridgehead atoms. The maximum absolute atomic E-state index is 4.29. The van der Waals surface area contributed by atoms with Gasteiger partial charge >= 0.3 is 0 Å². The maximum Gasteiger partial charge on any atom is 0.199 e. The van der Waals surface area contributed by atoms with E-state index in [2.05, 4.69) is 46.1 Å². The fourth-order valence-corrected chi connectivity index (χ4v) is 1.71. The summed E-state index contributed by atoms with van der Waals surface area (Å²) >= 11 is 0. The van der Waals surface area contributed by atoms with Crippen LogP contribution in [0.3, 0.4) is 0 Å². The summed E-state index contributed by atoms with van der Waals surface area (Å²) in [5, 5.41) is 0. The van der Waals surface area contributed by atoms with Gasteiger partial charge in [0.1, 0.15) is 17.2 Å². The van der Waals surface area contributed by atoms with Crippen LogP contribution in [0.15, 0.2) is 31.0 Å². The molecule has 0 saturated carbocycles. The molecule has 20 heavy (non-hydrogen) atoms. The van der Waals surface area contributed by atoms with E-state index in [0.717, 1.165) is 0 Å². The molecule has 4 aromatic heterocycles. The van der Waals surface area contributed by atoms with E-state index in [1.807, 2.05) is 0 Å². The molecule has 0 aliphatic heterocycles. The maximum atomic E-state index is 4.29. The summed E-state index contributed by atoms with van der Waals surface area (Å²) in [4.78, 5) is 33.2. The Kier molecular flexibility index (Phi) is 2.25. The van der Waals surface area contributed by atoms with Crippen molar-refractivity contribution < 1.29 is 0 Å². The normalized spacial score (nSPS) is 11.0. The van der Waals surface area contributed by atoms with Crippen molar-refractivity contribution in [2.24, 2.45) is 0 Å². The Bertz CT molecular complexity index is 846. The third-order valence-corrected chi connectivity index (χ3v) is 2.61. The summed E-state index contributed by atoms with van der Waals surface area (Å²) in [5.41, 5.74) is 2.15. The minimum absolute atomic E-state index is 0.366. The van der Waals surface area contributed by atoms with E-state index < -0.39 is 0 Å². The van der Waals surface area contributed by atoms with E-state index in [0.29, 0.717) is 34.0 Å². The lowest BCUT2D eigenvalue weighted by Crippen LogP contribution is -1.98. The highest BCUT2D eigenvalue weighted by atomic mass is 15.0. The topological polar surface area (TPSA) is 103 Å². The van der Waals surface area contributed by atoms with Crippen molar-refractivity contribution >= 4 is 22.3 Å². The Hall–Kier alpha value is -3.16. The summed E-state index contributed by atoms with van der Waals surface area (Å²) in [6, 6.07) is 0. The Morgan fingerprint density at radius 3 is 2.25 bits per heavy atom. The highest BCUT2D eigenvalue weighted by Gasteiger charge is 2.09. The van der Waals surface area contributed by atoms with Crippen LogP contribution in [-0.2, 0) is 0 Å². The summed E-state index contributed by atoms with van der Waals surface area (Å²) in [5.74, 6) is 0.736. The Morgan fingerprint density at radius 1 is 0.700 bits per heavy atom. The van der Waals surface area contributed by atoms with Crippen LogP contribution in [-0.4, -0.2) is 39.9 Å². The van der Waals surface area contributed by atoms with Crippen LogP contribution in [0, 0.1) is 6.20 Å². The largest absolute Gasteiger partial charge is 0.250 e. The lowest BCUT2D eigenvalue weighted by Gasteiger charge is -2.00. The molecular weight excluding hydrogens is 256 g/mol. The number of aromatic nitrogens is 8. The summed E-state index contributed by atoms with van der Waals surface area (Å²) in [7, 11) is 0. The lowest BCUT2D eigenvalue weighted by molar-refractivity contribution is 1.08. The van der Waals surface area contributed by atoms with Gasteiger partial charge in [-0.15, -0.1) is 0 Å². The van der Waals surface area contributed by atoms with E-state index in [1.165, 1.54) is 6.20 Å². The van der Waals surface area contributed by atoms with Gasteiger partial charge in [0.25, 0.3) is 0 Å². The smallest absolute Gasteiger partial charge is 0.199 e. The molecule has 4 rings (SSSR count). The van der Waals surface area contributed by atoms with Crippen molar-refractivity contribution in [1.29, 1.82) is 0 Å². The van der Waals surface area contributed by atoms with Gasteiger partial charge in [-0.05, 0) is 0 Å². The second kappa shape index (κ2) is 4.19. The molecule has 0 unspecified atom stereocenters. The third kappa shape index (κ3) is 1.70. The molecule has 0 spiro atoms. The van der Waals surface area contributed by atoms with Gasteiger partial charge in [0.15, 0.2) is 22.9 Å². The van der Waals surface area contributed by atoms with Gasteiger partial charge in [-0.1, -0.05) is 0 Å². The van der Waals surface area contributed by atoms with Gasteiger partial charge in [0.05, 0.1) is 18.6 Å². The molecule has 8 heteroatoms. The minimum Gasteiger partial charge on any atom is -0.250 e. The second-order valence-corrected chi connectivity index (χ2v) is 3.86. The first-order valence-corrected chi connectivity index (χ1v) is 5.70. The van der Waals surface area contributed by atoms with Crippen LogP contribution in [0.25, 0.3) is 34.0 Å². The monoisotopic (exact) mass is 261 g/mol. The van der Waals surface area contributed by atoms with Crippen molar-refractivity contribution in [3.63, 3.8) is 0 Å². The number of hydrogen-bond acceptors (Lipinski definition) is 8. The van der Waals surface area contributed by atoms with E-state index in [-0.39, 0.29) is 0 Å². The second-order valence-electron chi connectivity index (χ2n) is 3.86. The average Bonchev–Trinajstić information content (AvgIpc) is 2.54. The zero-order valence-corrected chi connectivity index (χ0v) is 9.96. The van der Waals surface area contributed by atoms with Crippen molar-refractivity contribution in [1.82, 2.24) is 39.9 Å². The van der Waals surface area contributed by atoms with Gasteiger partial charge < -0.3 is 0 Å². The summed E-state index contributed by atoms with van der Waals surface area (Å²) in [6.45, 7) is 0. The number of rotatable bonds is 1. The first-order valence-electron chi connectivity index (χ1n) is 5.70. The average molecular weight is 261 g/mol. The standard InChI is InChI=1S/C12H5N8/c1-3-15-9-7(13-1)5-17-11(19-9)12-18-6-8-10(20-12)16-4-2-14-8/h1,3-6H. The minimum atomic E-state index is 0.366. The zero-order chi connectivity index (χ0) is 13.4. The molecule has 0 aromatic carbocycles. The van der Waals surface area contributed by atoms with E-state index in [1.54, 1.807) is 24.8 Å². The van der Waals surface area contributed by atoms with Gasteiger partial charge in [-0.3, -0.25) is 0 Å². The highest BCUT2D eigenvalue weighted by Crippen LogP contribution is 2.13. The summed E-state index contributed by atoms with van der Waals surface area (Å²) < 4.78 is 0. The highest BCUT2D eigenvalue weighted by molar-refractivity contribution is 5.72. The van der Waals surface area contributed by atoms with Crippen LogP contribution >= 0.6 is 0 Å². The molecule has 0 saturated heterocycles. The Balaban J connectivity index is 1.91. The van der Waals surface area contributed by atoms with E-state index in [9.17, 15) is 0 Å². The summed E-state index contributed by atoms with van der Waals surface area (Å²) in [6.07, 6.45) is 10.4. The van der Waals surface area contributed by atoms with Crippen LogP contribution < -0.4 is 0 Å². The van der Waals surface area contributed by atoms with Crippen molar-refractivity contribution in [2.75, 3.05) is 0 Å². The SMILES string of the molecule is [c]1cnc2nc(-c3ncc4nccnc4n3)ncc2n1. The molecule has 93 valence electrons. The zero-order valence-electron chi connectivity index (χ0n) is 9.96. The van der Waals surface area contributed by atoms with E-state index in [4.69, 9.17) is 0 Å². The quantitative estimate of drug-likeness (QED) is 0.491. The number of nitrogens with zero attached hydrogens (tertiary/aromatic N) is 8. The molecule has 0 atom stereocenters. The number of hydrogen-bond donors (Lipinski definition) is 0. The third-order valence-electron chi connectivity index (χ3n) is 2.61. The molecule has 0 aliphatic carbocycles. The van der Waals surface area contributed by atoms with Gasteiger partial charge in [-0.2, -0.15) is 0 Å². The number of fused-ring (bicyclic) bond motifs is 2. The molecular formula is C12H5N8. The van der Waals surface area contributed by atoms with Crippen LogP contribution in [0.1, 0.15) is 0 Å². The molecule has 0 amide bonds. The fraction of sp³-hybridized carbons (Fsp3) is 0. The van der Waals surface area contributed by atoms with Crippen molar-refractivity contribution in [3.8, 4) is 11.6 Å². The fourth-order valence-electron chi connectivity index (χ4n) is 1.71. The van der Waals surface area contributed by atoms with Gasteiger partial charge in [0.2, 0.25) is 0 Å². The molecule has 0 aliphatic rings. The molecule has 0 N–H and O–H groups in total. The van der Waals surface area contributed by atoms with Crippen LogP contribution in [0.4, 0.5) is 0 Å². The molecule has 8 nitrogen and oxygen atoms in total. The molecule has 4 heterocycles. The first kappa shape index (κ1) is 10.7.